The van der Waals surface area contributed by atoms with Gasteiger partial charge in [-0.2, -0.15) is 0 Å². The van der Waals surface area contributed by atoms with Gasteiger partial charge in [0.1, 0.15) is 0 Å². The third-order valence-corrected chi connectivity index (χ3v) is 2.58. The summed E-state index contributed by atoms with van der Waals surface area (Å²) in [4.78, 5) is 22.9. The van der Waals surface area contributed by atoms with Gasteiger partial charge in [-0.1, -0.05) is 18.2 Å². The standard InChI is InChI=1S/C14H9F2NO3/c15-10-7-6-9(14(19)20)11(12(10)16)13(18)17-8-4-2-1-3-5-8/h1-7H,(H,17,18)(H,19,20). The number of carboxylic acid groups (broad SMARTS) is 1. The van der Waals surface area contributed by atoms with Gasteiger partial charge in [0.2, 0.25) is 0 Å². The maximum atomic E-state index is 13.7. The Morgan fingerprint density at radius 1 is 1.00 bits per heavy atom. The van der Waals surface area contributed by atoms with Gasteiger partial charge >= 0.3 is 5.97 Å². The van der Waals surface area contributed by atoms with Crippen molar-refractivity contribution in [1.29, 1.82) is 0 Å². The third-order valence-electron chi connectivity index (χ3n) is 2.58. The number of nitrogens with one attached hydrogen (secondary N) is 1. The molecule has 0 aliphatic rings. The minimum Gasteiger partial charge on any atom is -0.478 e. The van der Waals surface area contributed by atoms with E-state index in [1.165, 1.54) is 12.1 Å². The first-order chi connectivity index (χ1) is 9.50. The summed E-state index contributed by atoms with van der Waals surface area (Å²) in [5.74, 6) is -5.31. The summed E-state index contributed by atoms with van der Waals surface area (Å²) in [5, 5.41) is 11.2. The van der Waals surface area contributed by atoms with Crippen LogP contribution in [0, 0.1) is 11.6 Å². The van der Waals surface area contributed by atoms with Crippen molar-refractivity contribution in [3.8, 4) is 0 Å². The second-order valence-corrected chi connectivity index (χ2v) is 3.91. The fraction of sp³-hybridized carbons (Fsp3) is 0. The Kier molecular flexibility index (Phi) is 3.74. The van der Waals surface area contributed by atoms with Gasteiger partial charge in [0.15, 0.2) is 11.6 Å². The number of benzene rings is 2. The van der Waals surface area contributed by atoms with Crippen molar-refractivity contribution in [3.05, 3.63) is 65.2 Å². The van der Waals surface area contributed by atoms with E-state index in [0.717, 1.165) is 6.07 Å². The third kappa shape index (κ3) is 2.64. The molecule has 2 rings (SSSR count). The topological polar surface area (TPSA) is 66.4 Å². The molecule has 102 valence electrons. The second kappa shape index (κ2) is 5.48. The van der Waals surface area contributed by atoms with Crippen LogP contribution in [-0.4, -0.2) is 17.0 Å². The lowest BCUT2D eigenvalue weighted by atomic mass is 10.1. The van der Waals surface area contributed by atoms with E-state index >= 15 is 0 Å². The van der Waals surface area contributed by atoms with Crippen LogP contribution in [0.15, 0.2) is 42.5 Å². The summed E-state index contributed by atoms with van der Waals surface area (Å²) >= 11 is 0. The molecule has 0 radical (unpaired) electrons. The number of rotatable bonds is 3. The van der Waals surface area contributed by atoms with E-state index in [1.54, 1.807) is 18.2 Å². The van der Waals surface area contributed by atoms with Crippen LogP contribution >= 0.6 is 0 Å². The highest BCUT2D eigenvalue weighted by Crippen LogP contribution is 2.19. The van der Waals surface area contributed by atoms with Crippen LogP contribution in [0.1, 0.15) is 20.7 Å². The van der Waals surface area contributed by atoms with Crippen LogP contribution in [0.3, 0.4) is 0 Å². The van der Waals surface area contributed by atoms with E-state index < -0.39 is 34.6 Å². The molecule has 2 aromatic carbocycles. The molecule has 20 heavy (non-hydrogen) atoms. The van der Waals surface area contributed by atoms with E-state index in [1.807, 2.05) is 0 Å². The Morgan fingerprint density at radius 2 is 1.65 bits per heavy atom. The van der Waals surface area contributed by atoms with E-state index in [9.17, 15) is 18.4 Å². The first-order valence-corrected chi connectivity index (χ1v) is 5.58. The molecule has 0 spiro atoms. The van der Waals surface area contributed by atoms with Crippen molar-refractivity contribution in [2.75, 3.05) is 5.32 Å². The zero-order valence-corrected chi connectivity index (χ0v) is 10.1. The number of hydrogen-bond donors (Lipinski definition) is 2. The number of hydrogen-bond acceptors (Lipinski definition) is 2. The minimum atomic E-state index is -1.51. The van der Waals surface area contributed by atoms with E-state index in [2.05, 4.69) is 5.32 Å². The number of carboxylic acids is 1. The lowest BCUT2D eigenvalue weighted by molar-refractivity contribution is 0.0691. The molecule has 0 saturated heterocycles. The molecule has 0 fully saturated rings. The predicted molar refractivity (Wildman–Crippen MR) is 67.7 cm³/mol. The lowest BCUT2D eigenvalue weighted by Crippen LogP contribution is -2.19. The summed E-state index contributed by atoms with van der Waals surface area (Å²) in [7, 11) is 0. The van der Waals surface area contributed by atoms with Gasteiger partial charge in [-0.05, 0) is 24.3 Å². The molecule has 0 saturated carbocycles. The highest BCUT2D eigenvalue weighted by atomic mass is 19.2. The van der Waals surface area contributed by atoms with Crippen molar-refractivity contribution in [1.82, 2.24) is 0 Å². The fourth-order valence-electron chi connectivity index (χ4n) is 1.67. The SMILES string of the molecule is O=C(O)c1ccc(F)c(F)c1C(=O)Nc1ccccc1. The first kappa shape index (κ1) is 13.7. The van der Waals surface area contributed by atoms with Gasteiger partial charge in [0.25, 0.3) is 5.91 Å². The summed E-state index contributed by atoms with van der Waals surface area (Å²) in [6.07, 6.45) is 0. The van der Waals surface area contributed by atoms with Gasteiger partial charge < -0.3 is 10.4 Å². The summed E-state index contributed by atoms with van der Waals surface area (Å²) in [6.45, 7) is 0. The number of carbonyl (C=O) groups excluding carboxylic acids is 1. The molecule has 0 aliphatic carbocycles. The van der Waals surface area contributed by atoms with Gasteiger partial charge in [-0.25, -0.2) is 13.6 Å². The molecule has 0 heterocycles. The number of anilines is 1. The molecule has 0 aromatic heterocycles. The molecule has 2 aromatic rings. The average molecular weight is 277 g/mol. The van der Waals surface area contributed by atoms with Crippen LogP contribution in [0.25, 0.3) is 0 Å². The van der Waals surface area contributed by atoms with Crippen molar-refractivity contribution in [3.63, 3.8) is 0 Å². The summed E-state index contributed by atoms with van der Waals surface area (Å²) in [5.41, 5.74) is -1.09. The van der Waals surface area contributed by atoms with Crippen molar-refractivity contribution < 1.29 is 23.5 Å². The number of amides is 1. The predicted octanol–water partition coefficient (Wildman–Crippen LogP) is 2.92. The van der Waals surface area contributed by atoms with Crippen LogP contribution < -0.4 is 5.32 Å². The zero-order chi connectivity index (χ0) is 14.7. The Hall–Kier alpha value is -2.76. The lowest BCUT2D eigenvalue weighted by Gasteiger charge is -2.09. The molecule has 0 unspecified atom stereocenters. The van der Waals surface area contributed by atoms with Gasteiger partial charge in [-0.15, -0.1) is 0 Å². The highest BCUT2D eigenvalue weighted by Gasteiger charge is 2.24. The average Bonchev–Trinajstić information content (AvgIpc) is 2.42. The maximum Gasteiger partial charge on any atom is 0.336 e. The van der Waals surface area contributed by atoms with E-state index in [-0.39, 0.29) is 0 Å². The first-order valence-electron chi connectivity index (χ1n) is 5.58. The Morgan fingerprint density at radius 3 is 2.25 bits per heavy atom. The Balaban J connectivity index is 2.43. The summed E-state index contributed by atoms with van der Waals surface area (Å²) in [6, 6.07) is 9.57. The molecule has 6 heteroatoms. The van der Waals surface area contributed by atoms with Gasteiger partial charge in [0.05, 0.1) is 11.1 Å². The molecule has 2 N–H and O–H groups in total. The van der Waals surface area contributed by atoms with E-state index in [0.29, 0.717) is 11.8 Å². The Labute approximate surface area is 112 Å². The number of para-hydroxylation sites is 1. The van der Waals surface area contributed by atoms with Crippen LogP contribution in [0.4, 0.5) is 14.5 Å². The smallest absolute Gasteiger partial charge is 0.336 e. The molecule has 0 bridgehead atoms. The quantitative estimate of drug-likeness (QED) is 0.906. The Bertz CT molecular complexity index is 672. The normalized spacial score (nSPS) is 10.1. The van der Waals surface area contributed by atoms with Crippen LogP contribution in [0.5, 0.6) is 0 Å². The molecular weight excluding hydrogens is 268 g/mol. The van der Waals surface area contributed by atoms with Crippen molar-refractivity contribution >= 4 is 17.6 Å². The maximum absolute atomic E-state index is 13.7. The largest absolute Gasteiger partial charge is 0.478 e. The minimum absolute atomic E-state index is 0.345. The van der Waals surface area contributed by atoms with E-state index in [4.69, 9.17) is 5.11 Å². The molecule has 0 atom stereocenters. The fourth-order valence-corrected chi connectivity index (χ4v) is 1.67. The van der Waals surface area contributed by atoms with Crippen molar-refractivity contribution in [2.45, 2.75) is 0 Å². The van der Waals surface area contributed by atoms with Gasteiger partial charge in [0, 0.05) is 5.69 Å². The molecule has 0 aliphatic heterocycles. The molecule has 1 amide bonds. The number of halogens is 2. The molecule has 4 nitrogen and oxygen atoms in total. The second-order valence-electron chi connectivity index (χ2n) is 3.91. The number of carbonyl (C=O) groups is 2. The van der Waals surface area contributed by atoms with Crippen molar-refractivity contribution in [2.24, 2.45) is 0 Å². The monoisotopic (exact) mass is 277 g/mol. The van der Waals surface area contributed by atoms with Crippen LogP contribution in [-0.2, 0) is 0 Å². The highest BCUT2D eigenvalue weighted by molar-refractivity contribution is 6.10. The van der Waals surface area contributed by atoms with Gasteiger partial charge in [-0.3, -0.25) is 4.79 Å². The number of aromatic carboxylic acids is 1. The molecular formula is C14H9F2NO3. The zero-order valence-electron chi connectivity index (χ0n) is 10.1. The van der Waals surface area contributed by atoms with Crippen LogP contribution in [0.2, 0.25) is 0 Å². The summed E-state index contributed by atoms with van der Waals surface area (Å²) < 4.78 is 26.9.